The number of hydrogen-bond donors (Lipinski definition) is 1. The van der Waals surface area contributed by atoms with Crippen LogP contribution in [0.4, 0.5) is 0 Å². The number of imidazole rings is 1. The molecule has 1 heterocycles. The van der Waals surface area contributed by atoms with Gasteiger partial charge >= 0.3 is 0 Å². The standard InChI is InChI=1S/C21H22ClN3O/c22-19-8-4-7-17(15-19)9-10-21(26)24-12-11-20-23-13-14-25(20)16-18-5-2-1-3-6-18/h1-8,13-15H,9-12,16H2,(H,24,26). The van der Waals surface area contributed by atoms with E-state index in [0.717, 1.165) is 17.9 Å². The van der Waals surface area contributed by atoms with Gasteiger partial charge in [0.2, 0.25) is 5.91 Å². The van der Waals surface area contributed by atoms with E-state index in [0.29, 0.717) is 30.8 Å². The Balaban J connectivity index is 1.43. The summed E-state index contributed by atoms with van der Waals surface area (Å²) in [6.45, 7) is 1.37. The fraction of sp³-hybridized carbons (Fsp3) is 0.238. The van der Waals surface area contributed by atoms with E-state index in [1.807, 2.05) is 48.7 Å². The second kappa shape index (κ2) is 9.20. The van der Waals surface area contributed by atoms with Gasteiger partial charge in [-0.3, -0.25) is 4.79 Å². The van der Waals surface area contributed by atoms with Crippen LogP contribution in [0.5, 0.6) is 0 Å². The van der Waals surface area contributed by atoms with Crippen molar-refractivity contribution in [2.45, 2.75) is 25.8 Å². The Morgan fingerprint density at radius 3 is 2.65 bits per heavy atom. The number of carbonyl (C=O) groups excluding carboxylic acids is 1. The molecule has 0 aliphatic rings. The van der Waals surface area contributed by atoms with Crippen LogP contribution in [-0.2, 0) is 24.2 Å². The number of benzene rings is 2. The van der Waals surface area contributed by atoms with Crippen molar-refractivity contribution in [3.63, 3.8) is 0 Å². The fourth-order valence-electron chi connectivity index (χ4n) is 2.84. The SMILES string of the molecule is O=C(CCc1cccc(Cl)c1)NCCc1nccn1Cc1ccccc1. The molecular formula is C21H22ClN3O. The second-order valence-corrected chi connectivity index (χ2v) is 6.62. The van der Waals surface area contributed by atoms with Crippen LogP contribution in [0.3, 0.4) is 0 Å². The Morgan fingerprint density at radius 2 is 1.85 bits per heavy atom. The minimum Gasteiger partial charge on any atom is -0.356 e. The number of rotatable bonds is 8. The molecule has 0 radical (unpaired) electrons. The number of halogens is 1. The zero-order chi connectivity index (χ0) is 18.2. The third-order valence-corrected chi connectivity index (χ3v) is 4.43. The summed E-state index contributed by atoms with van der Waals surface area (Å²) in [4.78, 5) is 16.4. The van der Waals surface area contributed by atoms with Gasteiger partial charge in [-0.15, -0.1) is 0 Å². The first kappa shape index (κ1) is 18.2. The molecule has 1 aromatic heterocycles. The van der Waals surface area contributed by atoms with Crippen LogP contribution in [0.2, 0.25) is 5.02 Å². The molecule has 0 fully saturated rings. The van der Waals surface area contributed by atoms with Crippen molar-refractivity contribution in [1.29, 1.82) is 0 Å². The Hall–Kier alpha value is -2.59. The van der Waals surface area contributed by atoms with E-state index in [1.54, 1.807) is 6.20 Å². The Kier molecular flexibility index (Phi) is 6.45. The molecule has 0 aliphatic carbocycles. The van der Waals surface area contributed by atoms with Crippen molar-refractivity contribution in [3.8, 4) is 0 Å². The maximum Gasteiger partial charge on any atom is 0.220 e. The van der Waals surface area contributed by atoms with E-state index < -0.39 is 0 Å². The molecule has 0 unspecified atom stereocenters. The molecule has 0 bridgehead atoms. The van der Waals surface area contributed by atoms with Gasteiger partial charge in [0.05, 0.1) is 0 Å². The van der Waals surface area contributed by atoms with Gasteiger partial charge in [-0.1, -0.05) is 54.1 Å². The van der Waals surface area contributed by atoms with Crippen LogP contribution in [0, 0.1) is 0 Å². The number of hydrogen-bond acceptors (Lipinski definition) is 2. The summed E-state index contributed by atoms with van der Waals surface area (Å²) in [5.41, 5.74) is 2.31. The minimum atomic E-state index is 0.0474. The van der Waals surface area contributed by atoms with E-state index in [9.17, 15) is 4.79 Å². The first-order valence-electron chi connectivity index (χ1n) is 8.76. The Bertz CT molecular complexity index is 845. The van der Waals surface area contributed by atoms with Crippen LogP contribution in [0.25, 0.3) is 0 Å². The number of nitrogens with one attached hydrogen (secondary N) is 1. The largest absolute Gasteiger partial charge is 0.356 e. The number of amides is 1. The van der Waals surface area contributed by atoms with E-state index in [1.165, 1.54) is 5.56 Å². The van der Waals surface area contributed by atoms with Crippen molar-refractivity contribution in [2.75, 3.05) is 6.54 Å². The minimum absolute atomic E-state index is 0.0474. The topological polar surface area (TPSA) is 46.9 Å². The highest BCUT2D eigenvalue weighted by Crippen LogP contribution is 2.12. The predicted molar refractivity (Wildman–Crippen MR) is 104 cm³/mol. The average molecular weight is 368 g/mol. The van der Waals surface area contributed by atoms with Crippen molar-refractivity contribution in [1.82, 2.24) is 14.9 Å². The highest BCUT2D eigenvalue weighted by molar-refractivity contribution is 6.30. The van der Waals surface area contributed by atoms with Gasteiger partial charge in [0.15, 0.2) is 0 Å². The molecule has 1 N–H and O–H groups in total. The van der Waals surface area contributed by atoms with Crippen molar-refractivity contribution in [2.24, 2.45) is 0 Å². The number of nitrogens with zero attached hydrogens (tertiary/aromatic N) is 2. The third kappa shape index (κ3) is 5.46. The highest BCUT2D eigenvalue weighted by atomic mass is 35.5. The summed E-state index contributed by atoms with van der Waals surface area (Å²) in [5.74, 6) is 1.02. The van der Waals surface area contributed by atoms with E-state index in [4.69, 9.17) is 11.6 Å². The molecule has 0 atom stereocenters. The molecular weight excluding hydrogens is 346 g/mol. The summed E-state index contributed by atoms with van der Waals surface area (Å²) >= 11 is 5.96. The lowest BCUT2D eigenvalue weighted by Gasteiger charge is -2.09. The van der Waals surface area contributed by atoms with Gasteiger partial charge in [0.25, 0.3) is 0 Å². The quantitative estimate of drug-likeness (QED) is 0.656. The van der Waals surface area contributed by atoms with Gasteiger partial charge in [-0.05, 0) is 29.7 Å². The third-order valence-electron chi connectivity index (χ3n) is 4.20. The molecule has 0 aliphatic heterocycles. The number of aryl methyl sites for hydroxylation is 1. The van der Waals surface area contributed by atoms with Crippen molar-refractivity contribution >= 4 is 17.5 Å². The Morgan fingerprint density at radius 1 is 1.04 bits per heavy atom. The molecule has 5 heteroatoms. The number of carbonyl (C=O) groups is 1. The van der Waals surface area contributed by atoms with Crippen LogP contribution in [0.15, 0.2) is 67.0 Å². The van der Waals surface area contributed by atoms with Crippen LogP contribution >= 0.6 is 11.6 Å². The summed E-state index contributed by atoms with van der Waals surface area (Å²) in [7, 11) is 0. The first-order chi connectivity index (χ1) is 12.7. The van der Waals surface area contributed by atoms with E-state index >= 15 is 0 Å². The molecule has 0 saturated carbocycles. The summed E-state index contributed by atoms with van der Waals surface area (Å²) in [6, 6.07) is 17.9. The summed E-state index contributed by atoms with van der Waals surface area (Å²) in [6.07, 6.45) is 5.64. The predicted octanol–water partition coefficient (Wildman–Crippen LogP) is 3.88. The van der Waals surface area contributed by atoms with E-state index in [2.05, 4.69) is 27.0 Å². The highest BCUT2D eigenvalue weighted by Gasteiger charge is 2.06. The average Bonchev–Trinajstić information content (AvgIpc) is 3.08. The van der Waals surface area contributed by atoms with Gasteiger partial charge in [0, 0.05) is 43.3 Å². The lowest BCUT2D eigenvalue weighted by molar-refractivity contribution is -0.121. The zero-order valence-electron chi connectivity index (χ0n) is 14.6. The summed E-state index contributed by atoms with van der Waals surface area (Å²) < 4.78 is 2.12. The first-order valence-corrected chi connectivity index (χ1v) is 9.13. The number of aromatic nitrogens is 2. The lowest BCUT2D eigenvalue weighted by Crippen LogP contribution is -2.26. The van der Waals surface area contributed by atoms with Gasteiger partial charge in [0.1, 0.15) is 5.82 Å². The molecule has 3 rings (SSSR count). The van der Waals surface area contributed by atoms with Crippen molar-refractivity contribution < 1.29 is 4.79 Å². The maximum absolute atomic E-state index is 12.0. The monoisotopic (exact) mass is 367 g/mol. The molecule has 1 amide bonds. The van der Waals surface area contributed by atoms with Gasteiger partial charge in [-0.2, -0.15) is 0 Å². The second-order valence-electron chi connectivity index (χ2n) is 6.19. The lowest BCUT2D eigenvalue weighted by atomic mass is 10.1. The smallest absolute Gasteiger partial charge is 0.220 e. The molecule has 0 saturated heterocycles. The van der Waals surface area contributed by atoms with Gasteiger partial charge < -0.3 is 9.88 Å². The summed E-state index contributed by atoms with van der Waals surface area (Å²) in [5, 5.41) is 3.67. The Labute approximate surface area is 158 Å². The molecule has 3 aromatic rings. The van der Waals surface area contributed by atoms with Crippen molar-refractivity contribution in [3.05, 3.63) is 89.0 Å². The van der Waals surface area contributed by atoms with Crippen LogP contribution in [-0.4, -0.2) is 22.0 Å². The zero-order valence-corrected chi connectivity index (χ0v) is 15.3. The molecule has 134 valence electrons. The molecule has 2 aromatic carbocycles. The molecule has 4 nitrogen and oxygen atoms in total. The maximum atomic E-state index is 12.0. The van der Waals surface area contributed by atoms with Crippen LogP contribution in [0.1, 0.15) is 23.4 Å². The fourth-order valence-corrected chi connectivity index (χ4v) is 3.06. The molecule has 0 spiro atoms. The van der Waals surface area contributed by atoms with Gasteiger partial charge in [-0.25, -0.2) is 4.98 Å². The van der Waals surface area contributed by atoms with E-state index in [-0.39, 0.29) is 5.91 Å². The van der Waals surface area contributed by atoms with Crippen LogP contribution < -0.4 is 5.32 Å². The molecule has 26 heavy (non-hydrogen) atoms. The normalized spacial score (nSPS) is 10.7.